The Labute approximate surface area is 306 Å². The third kappa shape index (κ3) is 7.64. The molecule has 0 radical (unpaired) electrons. The molecular weight excluding hydrogens is 670 g/mol. The summed E-state index contributed by atoms with van der Waals surface area (Å²) in [6, 6.07) is 3.00. The Morgan fingerprint density at radius 1 is 1.19 bits per heavy atom. The first-order valence-electron chi connectivity index (χ1n) is 18.2. The van der Waals surface area contributed by atoms with Crippen LogP contribution in [0.5, 0.6) is 11.5 Å². The number of hydrogen-bond acceptors (Lipinski definition) is 11. The highest BCUT2D eigenvalue weighted by atomic mass is 16.6. The molecule has 286 valence electrons. The van der Waals surface area contributed by atoms with Crippen molar-refractivity contribution in [3.05, 3.63) is 35.1 Å². The van der Waals surface area contributed by atoms with E-state index in [-0.39, 0.29) is 24.8 Å². The number of carbonyl (C=O) groups excluding carboxylic acids is 4. The Bertz CT molecular complexity index is 1620. The maximum atomic E-state index is 13.5. The lowest BCUT2D eigenvalue weighted by molar-refractivity contribution is -0.163. The normalized spacial score (nSPS) is 25.2. The van der Waals surface area contributed by atoms with Gasteiger partial charge in [0.15, 0.2) is 23.4 Å². The Morgan fingerprint density at radius 3 is 2.63 bits per heavy atom. The number of hydrogen-bond donors (Lipinski definition) is 3. The molecule has 14 nitrogen and oxygen atoms in total. The van der Waals surface area contributed by atoms with Crippen molar-refractivity contribution in [2.75, 3.05) is 41.3 Å². The first kappa shape index (κ1) is 39.0. The van der Waals surface area contributed by atoms with Gasteiger partial charge in [-0.15, -0.1) is 0 Å². The molecule has 2 heterocycles. The van der Waals surface area contributed by atoms with Crippen LogP contribution in [-0.2, 0) is 35.7 Å². The lowest BCUT2D eigenvalue weighted by atomic mass is 9.50. The average Bonchev–Trinajstić information content (AvgIpc) is 3.43. The molecular formula is C38H55N5O9. The van der Waals surface area contributed by atoms with Crippen molar-refractivity contribution in [3.63, 3.8) is 0 Å². The van der Waals surface area contributed by atoms with Crippen molar-refractivity contribution < 1.29 is 43.2 Å². The van der Waals surface area contributed by atoms with Crippen LogP contribution in [0, 0.1) is 0 Å². The highest BCUT2D eigenvalue weighted by Crippen LogP contribution is 2.65. The fourth-order valence-electron chi connectivity index (χ4n) is 8.36. The highest BCUT2D eigenvalue weighted by Gasteiger charge is 2.72. The second-order valence-corrected chi connectivity index (χ2v) is 15.5. The number of nitrogens with one attached hydrogen (secondary N) is 1. The van der Waals surface area contributed by atoms with E-state index in [1.165, 1.54) is 4.90 Å². The second-order valence-electron chi connectivity index (χ2n) is 15.5. The average molecular weight is 726 g/mol. The standard InChI is InChI=1S/C38H55N5O9/c1-36(2,3)52-31(46)22-30(45)41-24(11-8-9-13-29(39)40-4)25(44)12-10-19-43(6)35(47)50-27-16-17-38(48)28-21-23-14-15-26(49-7)33-32(23)37(38,34(27)51-33)18-20-42(28)5/h14-16,24,28,34,48H,8-13,17-22H2,1-7H3,(H2,39,40)(H,41,45)/t24-,28-,34+,37+,38-/m0/s1. The van der Waals surface area contributed by atoms with Crippen LogP contribution in [-0.4, -0.2) is 115 Å². The quantitative estimate of drug-likeness (QED) is 0.0794. The minimum Gasteiger partial charge on any atom is -0.493 e. The Balaban J connectivity index is 1.21. The summed E-state index contributed by atoms with van der Waals surface area (Å²) in [4.78, 5) is 59.4. The van der Waals surface area contributed by atoms with E-state index >= 15 is 0 Å². The molecule has 1 aromatic carbocycles. The van der Waals surface area contributed by atoms with Gasteiger partial charge in [0.2, 0.25) is 5.91 Å². The smallest absolute Gasteiger partial charge is 0.414 e. The van der Waals surface area contributed by atoms with Crippen molar-refractivity contribution in [1.29, 1.82) is 0 Å². The molecule has 2 aliphatic carbocycles. The molecule has 4 aliphatic rings. The van der Waals surface area contributed by atoms with Gasteiger partial charge in [0.25, 0.3) is 0 Å². The zero-order valence-corrected chi connectivity index (χ0v) is 31.6. The number of amides is 2. The lowest BCUT2D eigenvalue weighted by Gasteiger charge is -2.61. The van der Waals surface area contributed by atoms with E-state index in [1.807, 2.05) is 19.2 Å². The number of likely N-dealkylation sites (tertiary alicyclic amines) is 1. The molecule has 0 saturated carbocycles. The van der Waals surface area contributed by atoms with Gasteiger partial charge >= 0.3 is 12.1 Å². The van der Waals surface area contributed by atoms with Crippen molar-refractivity contribution in [2.45, 2.75) is 120 Å². The van der Waals surface area contributed by atoms with Gasteiger partial charge in [0.1, 0.15) is 17.8 Å². The van der Waals surface area contributed by atoms with Gasteiger partial charge in [-0.2, -0.15) is 0 Å². The van der Waals surface area contributed by atoms with Crippen LogP contribution < -0.4 is 20.5 Å². The molecule has 14 heteroatoms. The topological polar surface area (TPSA) is 182 Å². The number of likely N-dealkylation sites (N-methyl/N-ethyl adjacent to an activating group) is 1. The predicted octanol–water partition coefficient (Wildman–Crippen LogP) is 3.15. The van der Waals surface area contributed by atoms with Gasteiger partial charge in [-0.25, -0.2) is 4.79 Å². The molecule has 2 amide bonds. The molecule has 5 atom stereocenters. The zero-order valence-electron chi connectivity index (χ0n) is 31.6. The fourth-order valence-corrected chi connectivity index (χ4v) is 8.36. The minimum atomic E-state index is -1.12. The molecule has 1 spiro atoms. The van der Waals surface area contributed by atoms with Gasteiger partial charge < -0.3 is 44.9 Å². The summed E-state index contributed by atoms with van der Waals surface area (Å²) in [5.74, 6) is 0.559. The van der Waals surface area contributed by atoms with E-state index in [2.05, 4.69) is 15.2 Å². The summed E-state index contributed by atoms with van der Waals surface area (Å²) in [5, 5.41) is 15.1. The molecule has 0 aromatic heterocycles. The molecule has 4 N–H and O–H groups in total. The van der Waals surface area contributed by atoms with Crippen LogP contribution in [0.25, 0.3) is 0 Å². The van der Waals surface area contributed by atoms with E-state index in [1.54, 1.807) is 48.1 Å². The monoisotopic (exact) mass is 725 g/mol. The number of amidine groups is 1. The third-order valence-electron chi connectivity index (χ3n) is 10.9. The lowest BCUT2D eigenvalue weighted by Crippen LogP contribution is -2.74. The summed E-state index contributed by atoms with van der Waals surface area (Å²) in [6.07, 6.45) is 4.19. The van der Waals surface area contributed by atoms with Crippen LogP contribution in [0.15, 0.2) is 29.0 Å². The van der Waals surface area contributed by atoms with Crippen LogP contribution in [0.4, 0.5) is 4.79 Å². The van der Waals surface area contributed by atoms with Crippen molar-refractivity contribution >= 4 is 29.6 Å². The number of methoxy groups -OCH3 is 1. The van der Waals surface area contributed by atoms with Crippen molar-refractivity contribution in [2.24, 2.45) is 10.7 Å². The van der Waals surface area contributed by atoms with Crippen LogP contribution in [0.1, 0.15) is 89.7 Å². The first-order valence-corrected chi connectivity index (χ1v) is 18.2. The fraction of sp³-hybridized carbons (Fsp3) is 0.658. The minimum absolute atomic E-state index is 0.0882. The van der Waals surface area contributed by atoms with Crippen molar-refractivity contribution in [3.8, 4) is 11.5 Å². The highest BCUT2D eigenvalue weighted by molar-refractivity contribution is 5.97. The van der Waals surface area contributed by atoms with Crippen LogP contribution in [0.3, 0.4) is 0 Å². The molecule has 1 fully saturated rings. The number of aliphatic imine (C=N–C) groups is 1. The van der Waals surface area contributed by atoms with Crippen LogP contribution >= 0.6 is 0 Å². The van der Waals surface area contributed by atoms with Gasteiger partial charge in [-0.1, -0.05) is 12.5 Å². The Kier molecular flexibility index (Phi) is 11.6. The Morgan fingerprint density at radius 2 is 1.94 bits per heavy atom. The summed E-state index contributed by atoms with van der Waals surface area (Å²) in [6.45, 7) is 6.11. The van der Waals surface area contributed by atoms with Gasteiger partial charge in [-0.3, -0.25) is 19.4 Å². The largest absolute Gasteiger partial charge is 0.493 e. The molecule has 5 rings (SSSR count). The molecule has 2 bridgehead atoms. The number of benzene rings is 1. The number of unbranched alkanes of at least 4 members (excludes halogenated alkanes) is 1. The number of nitrogens with two attached hydrogens (primary N) is 1. The Hall–Kier alpha value is -4.17. The summed E-state index contributed by atoms with van der Waals surface area (Å²) < 4.78 is 23.5. The molecule has 2 aliphatic heterocycles. The molecule has 1 aromatic rings. The maximum Gasteiger partial charge on any atom is 0.414 e. The first-order chi connectivity index (χ1) is 24.5. The number of carbonyl (C=O) groups is 4. The summed E-state index contributed by atoms with van der Waals surface area (Å²) in [5.41, 5.74) is 5.21. The number of ketones is 1. The number of piperidine rings is 1. The number of rotatable bonds is 15. The maximum absolute atomic E-state index is 13.5. The van der Waals surface area contributed by atoms with Crippen molar-refractivity contribution in [1.82, 2.24) is 15.1 Å². The van der Waals surface area contributed by atoms with E-state index < -0.39 is 53.2 Å². The summed E-state index contributed by atoms with van der Waals surface area (Å²) in [7, 11) is 6.84. The molecule has 0 unspecified atom stereocenters. The molecule has 52 heavy (non-hydrogen) atoms. The van der Waals surface area contributed by atoms with Gasteiger partial charge in [0, 0.05) is 51.5 Å². The van der Waals surface area contributed by atoms with E-state index in [0.29, 0.717) is 74.5 Å². The number of esters is 1. The SMILES string of the molecule is CN=C(N)CCCC[C@H](NC(=O)CC(=O)OC(C)(C)C)C(=O)CCCN(C)C(=O)OC1=CC[C@]2(O)[C@@H]3Cc4ccc(OC)c5c4[C@]2(CCN3C)[C@@H]1O5. The van der Waals surface area contributed by atoms with E-state index in [9.17, 15) is 24.3 Å². The number of aliphatic hydroxyl groups is 1. The zero-order chi connectivity index (χ0) is 38.0. The predicted molar refractivity (Wildman–Crippen MR) is 193 cm³/mol. The second kappa shape index (κ2) is 15.4. The number of ether oxygens (including phenoxy) is 4. The van der Waals surface area contributed by atoms with E-state index in [4.69, 9.17) is 24.7 Å². The van der Waals surface area contributed by atoms with Gasteiger partial charge in [0.05, 0.1) is 30.0 Å². The van der Waals surface area contributed by atoms with Crippen LogP contribution in [0.2, 0.25) is 0 Å². The molecule has 1 saturated heterocycles. The van der Waals surface area contributed by atoms with E-state index in [0.717, 1.165) is 17.7 Å². The number of Topliss-reactive ketones (excluding diaryl/α,β-unsaturated/α-hetero) is 1. The summed E-state index contributed by atoms with van der Waals surface area (Å²) >= 11 is 0. The third-order valence-corrected chi connectivity index (χ3v) is 10.9. The van der Waals surface area contributed by atoms with Gasteiger partial charge in [-0.05, 0) is 84.2 Å². The number of nitrogens with zero attached hydrogens (tertiary/aromatic N) is 3.